The van der Waals surface area contributed by atoms with Gasteiger partial charge in [-0.05, 0) is 58.7 Å². The second-order valence-corrected chi connectivity index (χ2v) is 8.11. The van der Waals surface area contributed by atoms with E-state index in [1.807, 2.05) is 23.1 Å². The third-order valence-corrected chi connectivity index (χ3v) is 5.91. The number of hydrogen-bond donors (Lipinski definition) is 0. The summed E-state index contributed by atoms with van der Waals surface area (Å²) in [7, 11) is 0. The molecule has 148 valence electrons. The minimum absolute atomic E-state index is 0.117. The molecule has 1 atom stereocenters. The molecule has 0 radical (unpaired) electrons. The summed E-state index contributed by atoms with van der Waals surface area (Å²) in [5.41, 5.74) is 2.99. The van der Waals surface area contributed by atoms with Gasteiger partial charge in [0.05, 0.1) is 18.3 Å². The second-order valence-electron chi connectivity index (χ2n) is 8.11. The molecule has 0 aliphatic carbocycles. The van der Waals surface area contributed by atoms with Crippen molar-refractivity contribution in [2.24, 2.45) is 0 Å². The highest BCUT2D eigenvalue weighted by molar-refractivity contribution is 5.95. The molecule has 4 heterocycles. The van der Waals surface area contributed by atoms with E-state index in [1.165, 1.54) is 12.8 Å². The van der Waals surface area contributed by atoms with E-state index in [-0.39, 0.29) is 11.9 Å². The van der Waals surface area contributed by atoms with Crippen molar-refractivity contribution in [1.29, 1.82) is 0 Å². The minimum atomic E-state index is 0.117. The molecule has 2 aromatic heterocycles. The number of anilines is 1. The van der Waals surface area contributed by atoms with E-state index in [2.05, 4.69) is 30.7 Å². The van der Waals surface area contributed by atoms with Crippen LogP contribution in [0, 0.1) is 6.92 Å². The molecule has 1 fully saturated rings. The van der Waals surface area contributed by atoms with E-state index < -0.39 is 0 Å². The molecule has 0 aromatic carbocycles. The molecule has 1 saturated heterocycles. The van der Waals surface area contributed by atoms with Gasteiger partial charge in [0.1, 0.15) is 11.6 Å². The van der Waals surface area contributed by atoms with Gasteiger partial charge in [-0.3, -0.25) is 19.6 Å². The molecule has 6 heteroatoms. The predicted octanol–water partition coefficient (Wildman–Crippen LogP) is 3.59. The van der Waals surface area contributed by atoms with E-state index in [1.54, 1.807) is 6.20 Å². The zero-order valence-corrected chi connectivity index (χ0v) is 17.1. The number of pyridine rings is 1. The maximum atomic E-state index is 12.8. The first-order chi connectivity index (χ1) is 13.5. The van der Waals surface area contributed by atoms with Crippen molar-refractivity contribution in [1.82, 2.24) is 19.9 Å². The standard InChI is InChI=1S/C22H29N5O/c1-15(2)26-13-7-5-9-19(26)21-24-16(3)18-10-11-20(28)27(22(18)25-21)14-17-8-4-6-12-23-17/h4,6,8,12,15,19H,5,7,9-11,13-14H2,1-3H3/t19-/m1/s1. The number of nitrogens with zero attached hydrogens (tertiary/aromatic N) is 5. The van der Waals surface area contributed by atoms with Crippen LogP contribution in [0.4, 0.5) is 5.82 Å². The highest BCUT2D eigenvalue weighted by Crippen LogP contribution is 2.35. The average Bonchev–Trinajstić information content (AvgIpc) is 2.71. The van der Waals surface area contributed by atoms with Crippen molar-refractivity contribution in [2.75, 3.05) is 11.4 Å². The van der Waals surface area contributed by atoms with Gasteiger partial charge in [-0.15, -0.1) is 0 Å². The van der Waals surface area contributed by atoms with Crippen LogP contribution in [0.3, 0.4) is 0 Å². The fourth-order valence-electron chi connectivity index (χ4n) is 4.42. The first-order valence-electron chi connectivity index (χ1n) is 10.4. The molecule has 0 saturated carbocycles. The Morgan fingerprint density at radius 2 is 2.04 bits per heavy atom. The van der Waals surface area contributed by atoms with Crippen molar-refractivity contribution < 1.29 is 4.79 Å². The van der Waals surface area contributed by atoms with Crippen LogP contribution in [-0.4, -0.2) is 38.3 Å². The Bertz CT molecular complexity index is 852. The number of hydrogen-bond acceptors (Lipinski definition) is 5. The molecular weight excluding hydrogens is 350 g/mol. The van der Waals surface area contributed by atoms with Crippen molar-refractivity contribution in [3.8, 4) is 0 Å². The normalized spacial score (nSPS) is 20.5. The molecule has 2 aromatic rings. The van der Waals surface area contributed by atoms with Gasteiger partial charge < -0.3 is 0 Å². The monoisotopic (exact) mass is 379 g/mol. The fraction of sp³-hybridized carbons (Fsp3) is 0.545. The summed E-state index contributed by atoms with van der Waals surface area (Å²) in [5.74, 6) is 1.77. The third kappa shape index (κ3) is 3.65. The number of fused-ring (bicyclic) bond motifs is 1. The second kappa shape index (κ2) is 7.95. The number of carbonyl (C=O) groups excluding carboxylic acids is 1. The van der Waals surface area contributed by atoms with Crippen molar-refractivity contribution in [2.45, 2.75) is 71.5 Å². The van der Waals surface area contributed by atoms with Crippen molar-refractivity contribution in [3.05, 3.63) is 47.2 Å². The Balaban J connectivity index is 1.72. The lowest BCUT2D eigenvalue weighted by Crippen LogP contribution is -2.40. The summed E-state index contributed by atoms with van der Waals surface area (Å²) in [6.07, 6.45) is 6.49. The SMILES string of the molecule is Cc1nc([C@H]2CCCCN2C(C)C)nc2c1CCC(=O)N2Cc1ccccn1. The molecule has 0 N–H and O–H groups in total. The van der Waals surface area contributed by atoms with Crippen LogP contribution >= 0.6 is 0 Å². The van der Waals surface area contributed by atoms with Gasteiger partial charge in [-0.25, -0.2) is 9.97 Å². The van der Waals surface area contributed by atoms with Crippen LogP contribution in [0.25, 0.3) is 0 Å². The number of amides is 1. The molecule has 6 nitrogen and oxygen atoms in total. The van der Waals surface area contributed by atoms with Gasteiger partial charge in [0, 0.05) is 29.9 Å². The van der Waals surface area contributed by atoms with E-state index in [4.69, 9.17) is 9.97 Å². The minimum Gasteiger partial charge on any atom is -0.291 e. The summed E-state index contributed by atoms with van der Waals surface area (Å²) < 4.78 is 0. The zero-order valence-electron chi connectivity index (χ0n) is 17.1. The average molecular weight is 380 g/mol. The van der Waals surface area contributed by atoms with E-state index in [0.29, 0.717) is 19.0 Å². The van der Waals surface area contributed by atoms with Crippen molar-refractivity contribution >= 4 is 11.7 Å². The third-order valence-electron chi connectivity index (χ3n) is 5.91. The maximum absolute atomic E-state index is 12.8. The lowest BCUT2D eigenvalue weighted by Gasteiger charge is -2.38. The van der Waals surface area contributed by atoms with Gasteiger partial charge >= 0.3 is 0 Å². The molecular formula is C22H29N5O. The number of aryl methyl sites for hydroxylation is 1. The van der Waals surface area contributed by atoms with Crippen LogP contribution in [0.2, 0.25) is 0 Å². The highest BCUT2D eigenvalue weighted by atomic mass is 16.2. The quantitative estimate of drug-likeness (QED) is 0.812. The largest absolute Gasteiger partial charge is 0.291 e. The zero-order chi connectivity index (χ0) is 19.7. The Kier molecular flexibility index (Phi) is 5.40. The lowest BCUT2D eigenvalue weighted by atomic mass is 9.98. The van der Waals surface area contributed by atoms with Crippen LogP contribution in [0.5, 0.6) is 0 Å². The van der Waals surface area contributed by atoms with Crippen LogP contribution in [-0.2, 0) is 17.8 Å². The van der Waals surface area contributed by atoms with Gasteiger partial charge in [0.15, 0.2) is 0 Å². The van der Waals surface area contributed by atoms with Crippen LogP contribution in [0.15, 0.2) is 24.4 Å². The first kappa shape index (κ1) is 19.0. The predicted molar refractivity (Wildman–Crippen MR) is 109 cm³/mol. The number of piperidine rings is 1. The summed E-state index contributed by atoms with van der Waals surface area (Å²) in [6.45, 7) is 8.07. The van der Waals surface area contributed by atoms with Crippen molar-refractivity contribution in [3.63, 3.8) is 0 Å². The Labute approximate surface area is 167 Å². The summed E-state index contributed by atoms with van der Waals surface area (Å²) >= 11 is 0. The van der Waals surface area contributed by atoms with Crippen LogP contribution < -0.4 is 4.90 Å². The van der Waals surface area contributed by atoms with Gasteiger partial charge in [-0.1, -0.05) is 12.5 Å². The van der Waals surface area contributed by atoms with E-state index in [9.17, 15) is 4.79 Å². The van der Waals surface area contributed by atoms with E-state index >= 15 is 0 Å². The highest BCUT2D eigenvalue weighted by Gasteiger charge is 2.32. The van der Waals surface area contributed by atoms with Crippen LogP contribution in [0.1, 0.15) is 68.3 Å². The topological polar surface area (TPSA) is 62.2 Å². The fourth-order valence-corrected chi connectivity index (χ4v) is 4.42. The molecule has 1 amide bonds. The molecule has 2 aliphatic rings. The molecule has 0 unspecified atom stereocenters. The van der Waals surface area contributed by atoms with E-state index in [0.717, 1.165) is 48.0 Å². The smallest absolute Gasteiger partial charge is 0.228 e. The molecule has 0 bridgehead atoms. The molecule has 4 rings (SSSR count). The molecule has 28 heavy (non-hydrogen) atoms. The van der Waals surface area contributed by atoms with Gasteiger partial charge in [-0.2, -0.15) is 0 Å². The summed E-state index contributed by atoms with van der Waals surface area (Å²) in [4.78, 5) is 31.4. The number of aromatic nitrogens is 3. The Morgan fingerprint density at radius 3 is 2.79 bits per heavy atom. The summed E-state index contributed by atoms with van der Waals surface area (Å²) in [5, 5.41) is 0. The Hall–Kier alpha value is -2.34. The number of rotatable bonds is 4. The molecule has 2 aliphatic heterocycles. The number of carbonyl (C=O) groups is 1. The lowest BCUT2D eigenvalue weighted by molar-refractivity contribution is -0.119. The van der Waals surface area contributed by atoms with Gasteiger partial charge in [0.25, 0.3) is 0 Å². The van der Waals surface area contributed by atoms with Gasteiger partial charge in [0.2, 0.25) is 5.91 Å². The summed E-state index contributed by atoms with van der Waals surface area (Å²) in [6, 6.07) is 6.49. The Morgan fingerprint density at radius 1 is 1.18 bits per heavy atom. The first-order valence-corrected chi connectivity index (χ1v) is 10.4. The number of likely N-dealkylation sites (tertiary alicyclic amines) is 1. The maximum Gasteiger partial charge on any atom is 0.228 e. The molecule has 0 spiro atoms.